The fourth-order valence-corrected chi connectivity index (χ4v) is 0.849. The molecule has 0 rings (SSSR count). The van der Waals surface area contributed by atoms with E-state index < -0.39 is 5.60 Å². The molecule has 0 saturated carbocycles. The minimum Gasteiger partial charge on any atom is -0.398 e. The Bertz CT molecular complexity index is 225. The SMILES string of the molecule is C=CC(C#N)(CC=C(C)C)O[Si]. The predicted octanol–water partition coefficient (Wildman–Crippen LogP) is 1.89. The van der Waals surface area contributed by atoms with E-state index in [-0.39, 0.29) is 0 Å². The number of hydrogen-bond donors (Lipinski definition) is 0. The van der Waals surface area contributed by atoms with E-state index in [2.05, 4.69) is 17.1 Å². The minimum atomic E-state index is -0.936. The standard InChI is InChI=1S/C9H12NOSi/c1-4-9(7-10,11-12)6-5-8(2)3/h4-5H,1,6H2,2-3H3. The Morgan fingerprint density at radius 3 is 2.58 bits per heavy atom. The van der Waals surface area contributed by atoms with E-state index in [1.165, 1.54) is 6.08 Å². The molecule has 0 aliphatic rings. The molecule has 0 aliphatic carbocycles. The van der Waals surface area contributed by atoms with Crippen LogP contribution in [0, 0.1) is 11.3 Å². The molecule has 3 heteroatoms. The topological polar surface area (TPSA) is 33.0 Å². The average molecular weight is 178 g/mol. The maximum absolute atomic E-state index is 8.78. The molecule has 0 saturated heterocycles. The number of hydrogen-bond acceptors (Lipinski definition) is 2. The van der Waals surface area contributed by atoms with Gasteiger partial charge in [0.2, 0.25) is 10.5 Å². The van der Waals surface area contributed by atoms with E-state index in [1.54, 1.807) is 0 Å². The van der Waals surface area contributed by atoms with Crippen LogP contribution >= 0.6 is 0 Å². The monoisotopic (exact) mass is 178 g/mol. The first-order chi connectivity index (χ1) is 5.60. The maximum Gasteiger partial charge on any atom is 0.248 e. The summed E-state index contributed by atoms with van der Waals surface area (Å²) in [7, 11) is 2.87. The second-order valence-electron chi connectivity index (χ2n) is 2.79. The first kappa shape index (κ1) is 11.1. The molecule has 1 atom stereocenters. The zero-order valence-corrected chi connectivity index (χ0v) is 8.42. The van der Waals surface area contributed by atoms with Crippen molar-refractivity contribution in [3.05, 3.63) is 24.3 Å². The summed E-state index contributed by atoms with van der Waals surface area (Å²) < 4.78 is 4.87. The summed E-state index contributed by atoms with van der Waals surface area (Å²) in [5, 5.41) is 8.78. The van der Waals surface area contributed by atoms with Gasteiger partial charge in [0.05, 0.1) is 0 Å². The van der Waals surface area contributed by atoms with Gasteiger partial charge in [-0.25, -0.2) is 0 Å². The van der Waals surface area contributed by atoms with Gasteiger partial charge in [-0.2, -0.15) is 5.26 Å². The fourth-order valence-electron chi connectivity index (χ4n) is 0.637. The lowest BCUT2D eigenvalue weighted by molar-refractivity contribution is 0.202. The van der Waals surface area contributed by atoms with Crippen molar-refractivity contribution in [2.75, 3.05) is 0 Å². The molecule has 0 fully saturated rings. The van der Waals surface area contributed by atoms with Crippen molar-refractivity contribution < 1.29 is 4.43 Å². The highest BCUT2D eigenvalue weighted by Gasteiger charge is 2.22. The van der Waals surface area contributed by atoms with Gasteiger partial charge in [0, 0.05) is 6.42 Å². The van der Waals surface area contributed by atoms with E-state index in [9.17, 15) is 0 Å². The molecule has 12 heavy (non-hydrogen) atoms. The van der Waals surface area contributed by atoms with E-state index in [1.807, 2.05) is 26.0 Å². The van der Waals surface area contributed by atoms with E-state index in [0.717, 1.165) is 5.57 Å². The molecule has 63 valence electrons. The van der Waals surface area contributed by atoms with Crippen molar-refractivity contribution in [1.29, 1.82) is 5.26 Å². The summed E-state index contributed by atoms with van der Waals surface area (Å²) in [6, 6.07) is 2.04. The van der Waals surface area contributed by atoms with Crippen LogP contribution < -0.4 is 0 Å². The Morgan fingerprint density at radius 2 is 2.33 bits per heavy atom. The molecule has 0 amide bonds. The molecule has 0 bridgehead atoms. The van der Waals surface area contributed by atoms with Crippen molar-refractivity contribution in [2.45, 2.75) is 25.9 Å². The smallest absolute Gasteiger partial charge is 0.248 e. The van der Waals surface area contributed by atoms with Gasteiger partial charge in [-0.1, -0.05) is 18.2 Å². The van der Waals surface area contributed by atoms with Crippen molar-refractivity contribution in [2.24, 2.45) is 0 Å². The van der Waals surface area contributed by atoms with Crippen LogP contribution in [-0.4, -0.2) is 16.1 Å². The van der Waals surface area contributed by atoms with Crippen LogP contribution in [0.5, 0.6) is 0 Å². The molecule has 1 unspecified atom stereocenters. The third-order valence-electron chi connectivity index (χ3n) is 1.51. The van der Waals surface area contributed by atoms with E-state index in [4.69, 9.17) is 9.69 Å². The van der Waals surface area contributed by atoms with Gasteiger partial charge < -0.3 is 4.43 Å². The Balaban J connectivity index is 4.45. The second-order valence-corrected chi connectivity index (χ2v) is 3.00. The van der Waals surface area contributed by atoms with Crippen LogP contribution in [0.3, 0.4) is 0 Å². The van der Waals surface area contributed by atoms with Crippen molar-refractivity contribution in [1.82, 2.24) is 0 Å². The van der Waals surface area contributed by atoms with Gasteiger partial charge in [-0.05, 0) is 19.9 Å². The van der Waals surface area contributed by atoms with Crippen LogP contribution in [-0.2, 0) is 4.43 Å². The minimum absolute atomic E-state index is 0.513. The van der Waals surface area contributed by atoms with Gasteiger partial charge in [0.25, 0.3) is 0 Å². The van der Waals surface area contributed by atoms with Gasteiger partial charge in [0.15, 0.2) is 5.60 Å². The third kappa shape index (κ3) is 3.03. The first-order valence-electron chi connectivity index (χ1n) is 3.63. The van der Waals surface area contributed by atoms with Gasteiger partial charge in [0.1, 0.15) is 6.07 Å². The van der Waals surface area contributed by atoms with Crippen LogP contribution in [0.1, 0.15) is 20.3 Å². The highest BCUT2D eigenvalue weighted by molar-refractivity contribution is 5.98. The highest BCUT2D eigenvalue weighted by Crippen LogP contribution is 2.16. The summed E-state index contributed by atoms with van der Waals surface area (Å²) >= 11 is 0. The van der Waals surface area contributed by atoms with Gasteiger partial charge >= 0.3 is 0 Å². The molecular weight excluding hydrogens is 166 g/mol. The molecular formula is C9H12NOSi. The zero-order chi connectivity index (χ0) is 9.61. The third-order valence-corrected chi connectivity index (χ3v) is 1.88. The quantitative estimate of drug-likeness (QED) is 0.486. The van der Waals surface area contributed by atoms with Crippen molar-refractivity contribution in [3.8, 4) is 6.07 Å². The molecule has 0 N–H and O–H groups in total. The number of nitriles is 1. The molecule has 0 aliphatic heterocycles. The normalized spacial score (nSPS) is 14.2. The number of rotatable bonds is 4. The largest absolute Gasteiger partial charge is 0.398 e. The highest BCUT2D eigenvalue weighted by atomic mass is 28.2. The fraction of sp³-hybridized carbons (Fsp3) is 0.444. The molecule has 0 aromatic carbocycles. The van der Waals surface area contributed by atoms with Crippen LogP contribution in [0.25, 0.3) is 0 Å². The molecule has 0 heterocycles. The molecule has 2 nitrogen and oxygen atoms in total. The Morgan fingerprint density at radius 1 is 1.75 bits per heavy atom. The lowest BCUT2D eigenvalue weighted by Crippen LogP contribution is -2.26. The Hall–Kier alpha value is -0.853. The van der Waals surface area contributed by atoms with Crippen molar-refractivity contribution >= 4 is 10.5 Å². The molecule has 0 aromatic heterocycles. The molecule has 0 aromatic rings. The van der Waals surface area contributed by atoms with Crippen LogP contribution in [0.15, 0.2) is 24.3 Å². The van der Waals surface area contributed by atoms with Crippen LogP contribution in [0.2, 0.25) is 0 Å². The predicted molar refractivity (Wildman–Crippen MR) is 49.4 cm³/mol. The van der Waals surface area contributed by atoms with Gasteiger partial charge in [-0.15, -0.1) is 0 Å². The Kier molecular flexibility index (Phi) is 4.56. The van der Waals surface area contributed by atoms with E-state index >= 15 is 0 Å². The summed E-state index contributed by atoms with van der Waals surface area (Å²) in [6.45, 7) is 7.49. The summed E-state index contributed by atoms with van der Waals surface area (Å²) in [6.07, 6.45) is 3.93. The van der Waals surface area contributed by atoms with E-state index in [0.29, 0.717) is 6.42 Å². The number of allylic oxidation sites excluding steroid dienone is 1. The second kappa shape index (κ2) is 4.91. The first-order valence-corrected chi connectivity index (χ1v) is 4.04. The van der Waals surface area contributed by atoms with Crippen LogP contribution in [0.4, 0.5) is 0 Å². The lowest BCUT2D eigenvalue weighted by Gasteiger charge is -2.18. The summed E-state index contributed by atoms with van der Waals surface area (Å²) in [5.74, 6) is 0. The summed E-state index contributed by atoms with van der Waals surface area (Å²) in [4.78, 5) is 0. The molecule has 3 radical (unpaired) electrons. The zero-order valence-electron chi connectivity index (χ0n) is 7.42. The average Bonchev–Trinajstić information content (AvgIpc) is 2.08. The lowest BCUT2D eigenvalue weighted by atomic mass is 10.0. The van der Waals surface area contributed by atoms with Gasteiger partial charge in [-0.3, -0.25) is 0 Å². The summed E-state index contributed by atoms with van der Waals surface area (Å²) in [5.41, 5.74) is 0.217. The Labute approximate surface area is 77.1 Å². The number of nitrogens with zero attached hydrogens (tertiary/aromatic N) is 1. The van der Waals surface area contributed by atoms with Crippen molar-refractivity contribution in [3.63, 3.8) is 0 Å². The molecule has 0 spiro atoms. The maximum atomic E-state index is 8.78.